The predicted molar refractivity (Wildman–Crippen MR) is 90.6 cm³/mol. The molecule has 1 aliphatic heterocycles. The number of carbonyl (C=O) groups is 2. The third kappa shape index (κ3) is 4.74. The van der Waals surface area contributed by atoms with E-state index in [9.17, 15) is 9.59 Å². The molecule has 2 heterocycles. The zero-order chi connectivity index (χ0) is 17.9. The Morgan fingerprint density at radius 3 is 2.75 bits per heavy atom. The molecule has 0 bridgehead atoms. The molecule has 0 radical (unpaired) electrons. The van der Waals surface area contributed by atoms with Crippen LogP contribution in [0.2, 0.25) is 5.15 Å². The van der Waals surface area contributed by atoms with Crippen LogP contribution in [0.15, 0.2) is 12.3 Å². The van der Waals surface area contributed by atoms with Crippen molar-refractivity contribution in [2.45, 2.75) is 38.8 Å². The van der Waals surface area contributed by atoms with Gasteiger partial charge in [0.2, 0.25) is 0 Å². The van der Waals surface area contributed by atoms with E-state index < -0.39 is 17.7 Å². The lowest BCUT2D eigenvalue weighted by molar-refractivity contribution is 0.0507. The van der Waals surface area contributed by atoms with Crippen molar-refractivity contribution in [2.75, 3.05) is 25.1 Å². The molecule has 24 heavy (non-hydrogen) atoms. The first kappa shape index (κ1) is 18.3. The maximum Gasteiger partial charge on any atom is 0.407 e. The zero-order valence-corrected chi connectivity index (χ0v) is 15.0. The Balaban J connectivity index is 2.07. The Kier molecular flexibility index (Phi) is 5.54. The minimum atomic E-state index is -0.543. The van der Waals surface area contributed by atoms with Crippen LogP contribution in [-0.4, -0.2) is 48.9 Å². The summed E-state index contributed by atoms with van der Waals surface area (Å²) in [5, 5.41) is 3.14. The highest BCUT2D eigenvalue weighted by Gasteiger charge is 2.29. The van der Waals surface area contributed by atoms with Gasteiger partial charge in [-0.25, -0.2) is 14.6 Å². The van der Waals surface area contributed by atoms with Crippen molar-refractivity contribution in [2.24, 2.45) is 0 Å². The molecule has 132 valence electrons. The largest absolute Gasteiger partial charge is 0.465 e. The molecule has 0 aliphatic carbocycles. The molecule has 1 aromatic rings. The van der Waals surface area contributed by atoms with Gasteiger partial charge in [-0.05, 0) is 33.3 Å². The van der Waals surface area contributed by atoms with Gasteiger partial charge >= 0.3 is 12.1 Å². The van der Waals surface area contributed by atoms with E-state index in [-0.39, 0.29) is 6.04 Å². The Labute approximate surface area is 146 Å². The molecule has 7 nitrogen and oxygen atoms in total. The van der Waals surface area contributed by atoms with Gasteiger partial charge in [-0.15, -0.1) is 0 Å². The van der Waals surface area contributed by atoms with Gasteiger partial charge in [0.15, 0.2) is 0 Å². The van der Waals surface area contributed by atoms with E-state index in [2.05, 4.69) is 10.3 Å². The highest BCUT2D eigenvalue weighted by molar-refractivity contribution is 6.29. The van der Waals surface area contributed by atoms with E-state index >= 15 is 0 Å². The smallest absolute Gasteiger partial charge is 0.407 e. The lowest BCUT2D eigenvalue weighted by Gasteiger charge is -2.23. The predicted octanol–water partition coefficient (Wildman–Crippen LogP) is 2.63. The summed E-state index contributed by atoms with van der Waals surface area (Å²) in [6.07, 6.45) is 1.69. The summed E-state index contributed by atoms with van der Waals surface area (Å²) in [7, 11) is 1.32. The van der Waals surface area contributed by atoms with E-state index in [1.165, 1.54) is 13.3 Å². The van der Waals surface area contributed by atoms with E-state index in [0.29, 0.717) is 29.5 Å². The molecule has 1 N–H and O–H groups in total. The number of anilines is 1. The van der Waals surface area contributed by atoms with Crippen LogP contribution in [0.3, 0.4) is 0 Å². The molecular formula is C16H22ClN3O4. The van der Waals surface area contributed by atoms with Crippen LogP contribution < -0.4 is 10.2 Å². The van der Waals surface area contributed by atoms with Crippen molar-refractivity contribution in [3.8, 4) is 0 Å². The second-order valence-electron chi connectivity index (χ2n) is 6.59. The van der Waals surface area contributed by atoms with E-state index in [1.807, 2.05) is 25.7 Å². The molecule has 1 atom stereocenters. The first-order valence-corrected chi connectivity index (χ1v) is 8.05. The summed E-state index contributed by atoms with van der Waals surface area (Å²) in [4.78, 5) is 29.7. The van der Waals surface area contributed by atoms with Crippen LogP contribution in [0.5, 0.6) is 0 Å². The molecule has 0 spiro atoms. The summed E-state index contributed by atoms with van der Waals surface area (Å²) >= 11 is 5.96. The summed E-state index contributed by atoms with van der Waals surface area (Å²) in [6.45, 7) is 6.66. The summed E-state index contributed by atoms with van der Waals surface area (Å²) in [5.41, 5.74) is 0.453. The molecule has 1 amide bonds. The number of methoxy groups -OCH3 is 1. The lowest BCUT2D eigenvalue weighted by Crippen LogP contribution is -2.40. The minimum absolute atomic E-state index is 0.0720. The van der Waals surface area contributed by atoms with E-state index in [4.69, 9.17) is 21.1 Å². The van der Waals surface area contributed by atoms with Crippen molar-refractivity contribution < 1.29 is 19.1 Å². The summed E-state index contributed by atoms with van der Waals surface area (Å²) < 4.78 is 10.0. The number of alkyl carbamates (subject to hydrolysis) is 1. The molecule has 1 unspecified atom stereocenters. The molecule has 8 heteroatoms. The molecule has 1 saturated heterocycles. The lowest BCUT2D eigenvalue weighted by atomic mass is 10.2. The number of carbonyl (C=O) groups excluding carboxylic acids is 2. The summed E-state index contributed by atoms with van der Waals surface area (Å²) in [5.74, 6) is -0.474. The maximum absolute atomic E-state index is 11.9. The van der Waals surface area contributed by atoms with Gasteiger partial charge in [0, 0.05) is 19.3 Å². The number of nitrogens with one attached hydrogen (secondary N) is 1. The Hall–Kier alpha value is -2.02. The van der Waals surface area contributed by atoms with Gasteiger partial charge in [0.1, 0.15) is 16.3 Å². The summed E-state index contributed by atoms with van der Waals surface area (Å²) in [6, 6.07) is 1.56. The second-order valence-corrected chi connectivity index (χ2v) is 6.98. The molecule has 1 aromatic heterocycles. The fraction of sp³-hybridized carbons (Fsp3) is 0.562. The topological polar surface area (TPSA) is 80.8 Å². The molecule has 2 rings (SSSR count). The average molecular weight is 356 g/mol. The Morgan fingerprint density at radius 2 is 2.12 bits per heavy atom. The van der Waals surface area contributed by atoms with Gasteiger partial charge in [-0.1, -0.05) is 11.6 Å². The SMILES string of the molecule is COC(=O)c1cnc(Cl)cc1N1CCC(NC(=O)OC(C)(C)C)C1. The number of amides is 1. The first-order valence-electron chi connectivity index (χ1n) is 7.68. The van der Waals surface area contributed by atoms with Crippen LogP contribution in [0, 0.1) is 0 Å². The van der Waals surface area contributed by atoms with Gasteiger partial charge in [-0.2, -0.15) is 0 Å². The number of hydrogen-bond donors (Lipinski definition) is 1. The van der Waals surface area contributed by atoms with Crippen molar-refractivity contribution in [1.29, 1.82) is 0 Å². The highest BCUT2D eigenvalue weighted by Crippen LogP contribution is 2.27. The molecule has 0 aromatic carbocycles. The number of ether oxygens (including phenoxy) is 2. The molecule has 1 aliphatic rings. The standard InChI is InChI=1S/C16H22ClN3O4/c1-16(2,3)24-15(22)19-10-5-6-20(9-10)12-7-13(17)18-8-11(12)14(21)23-4/h7-8,10H,5-6,9H2,1-4H3,(H,19,22). The average Bonchev–Trinajstić information content (AvgIpc) is 2.92. The number of aromatic nitrogens is 1. The van der Waals surface area contributed by atoms with Crippen molar-refractivity contribution in [3.05, 3.63) is 23.0 Å². The normalized spacial score (nSPS) is 17.5. The van der Waals surface area contributed by atoms with Crippen molar-refractivity contribution in [3.63, 3.8) is 0 Å². The molecule has 0 saturated carbocycles. The minimum Gasteiger partial charge on any atom is -0.465 e. The third-order valence-corrected chi connectivity index (χ3v) is 3.71. The van der Waals surface area contributed by atoms with Crippen LogP contribution in [0.1, 0.15) is 37.6 Å². The van der Waals surface area contributed by atoms with Gasteiger partial charge in [0.05, 0.1) is 18.8 Å². The number of esters is 1. The van der Waals surface area contributed by atoms with E-state index in [1.54, 1.807) is 6.07 Å². The Morgan fingerprint density at radius 1 is 1.42 bits per heavy atom. The number of nitrogens with zero attached hydrogens (tertiary/aromatic N) is 2. The number of hydrogen-bond acceptors (Lipinski definition) is 6. The Bertz CT molecular complexity index is 630. The second kappa shape index (κ2) is 7.25. The van der Waals surface area contributed by atoms with Gasteiger partial charge < -0.3 is 19.7 Å². The van der Waals surface area contributed by atoms with Crippen LogP contribution >= 0.6 is 11.6 Å². The first-order chi connectivity index (χ1) is 11.2. The van der Waals surface area contributed by atoms with Gasteiger partial charge in [-0.3, -0.25) is 0 Å². The zero-order valence-electron chi connectivity index (χ0n) is 14.3. The van der Waals surface area contributed by atoms with Crippen LogP contribution in [0.4, 0.5) is 10.5 Å². The van der Waals surface area contributed by atoms with Crippen LogP contribution in [-0.2, 0) is 9.47 Å². The fourth-order valence-corrected chi connectivity index (χ4v) is 2.67. The fourth-order valence-electron chi connectivity index (χ4n) is 2.52. The third-order valence-electron chi connectivity index (χ3n) is 3.50. The van der Waals surface area contributed by atoms with E-state index in [0.717, 1.165) is 6.42 Å². The molecule has 1 fully saturated rings. The quantitative estimate of drug-likeness (QED) is 0.663. The number of pyridine rings is 1. The number of halogens is 1. The highest BCUT2D eigenvalue weighted by atomic mass is 35.5. The molecular weight excluding hydrogens is 334 g/mol. The monoisotopic (exact) mass is 355 g/mol. The van der Waals surface area contributed by atoms with Crippen molar-refractivity contribution in [1.82, 2.24) is 10.3 Å². The van der Waals surface area contributed by atoms with Gasteiger partial charge in [0.25, 0.3) is 0 Å². The number of rotatable bonds is 3. The van der Waals surface area contributed by atoms with Crippen LogP contribution in [0.25, 0.3) is 0 Å². The maximum atomic E-state index is 11.9. The van der Waals surface area contributed by atoms with Crippen molar-refractivity contribution >= 4 is 29.4 Å².